The van der Waals surface area contributed by atoms with Crippen molar-refractivity contribution in [3.05, 3.63) is 29.8 Å². The predicted octanol–water partition coefficient (Wildman–Crippen LogP) is 3.04. The van der Waals surface area contributed by atoms with Gasteiger partial charge >= 0.3 is 0 Å². The summed E-state index contributed by atoms with van der Waals surface area (Å²) in [7, 11) is 1.95. The first kappa shape index (κ1) is 14.4. The van der Waals surface area contributed by atoms with Crippen molar-refractivity contribution in [3.8, 4) is 5.75 Å². The molecule has 2 N–H and O–H groups in total. The topological polar surface area (TPSA) is 41.5 Å². The van der Waals surface area contributed by atoms with Crippen molar-refractivity contribution in [1.82, 2.24) is 5.32 Å². The zero-order chi connectivity index (χ0) is 13.7. The lowest BCUT2D eigenvalue weighted by Crippen LogP contribution is -2.37. The van der Waals surface area contributed by atoms with Gasteiger partial charge in [-0.2, -0.15) is 0 Å². The summed E-state index contributed by atoms with van der Waals surface area (Å²) >= 11 is 0. The molecule has 3 heteroatoms. The SMILES string of the molecule is CNC(C)c1cccc(OCC2(O)CCCCC2)c1. The molecule has 1 aromatic carbocycles. The van der Waals surface area contributed by atoms with Crippen LogP contribution in [-0.2, 0) is 0 Å². The van der Waals surface area contributed by atoms with E-state index in [1.807, 2.05) is 25.2 Å². The smallest absolute Gasteiger partial charge is 0.119 e. The van der Waals surface area contributed by atoms with E-state index < -0.39 is 5.60 Å². The number of hydrogen-bond donors (Lipinski definition) is 2. The van der Waals surface area contributed by atoms with Gasteiger partial charge in [0.2, 0.25) is 0 Å². The van der Waals surface area contributed by atoms with Crippen LogP contribution >= 0.6 is 0 Å². The average molecular weight is 263 g/mol. The van der Waals surface area contributed by atoms with Crippen molar-refractivity contribution in [2.75, 3.05) is 13.7 Å². The van der Waals surface area contributed by atoms with Crippen LogP contribution in [0.4, 0.5) is 0 Å². The van der Waals surface area contributed by atoms with Gasteiger partial charge in [0.25, 0.3) is 0 Å². The van der Waals surface area contributed by atoms with Crippen molar-refractivity contribution >= 4 is 0 Å². The molecular formula is C16H25NO2. The quantitative estimate of drug-likeness (QED) is 0.858. The molecule has 19 heavy (non-hydrogen) atoms. The maximum Gasteiger partial charge on any atom is 0.119 e. The van der Waals surface area contributed by atoms with Crippen molar-refractivity contribution in [1.29, 1.82) is 0 Å². The Morgan fingerprint density at radius 3 is 2.74 bits per heavy atom. The van der Waals surface area contributed by atoms with E-state index in [9.17, 15) is 5.11 Å². The molecule has 0 spiro atoms. The summed E-state index contributed by atoms with van der Waals surface area (Å²) in [6.07, 6.45) is 5.17. The minimum atomic E-state index is -0.622. The molecule has 0 saturated heterocycles. The third kappa shape index (κ3) is 3.95. The summed E-state index contributed by atoms with van der Waals surface area (Å²) in [6, 6.07) is 8.40. The third-order valence-electron chi connectivity index (χ3n) is 4.08. The van der Waals surface area contributed by atoms with E-state index in [1.54, 1.807) is 0 Å². The standard InChI is InChI=1S/C16H25NO2/c1-13(17-2)14-7-6-8-15(11-14)19-12-16(18)9-4-3-5-10-16/h6-8,11,13,17-18H,3-5,9-10,12H2,1-2H3. The summed E-state index contributed by atoms with van der Waals surface area (Å²) in [6.45, 7) is 2.53. The number of nitrogens with one attached hydrogen (secondary N) is 1. The van der Waals surface area contributed by atoms with Gasteiger partial charge < -0.3 is 15.2 Å². The van der Waals surface area contributed by atoms with Crippen molar-refractivity contribution in [2.24, 2.45) is 0 Å². The predicted molar refractivity (Wildman–Crippen MR) is 77.4 cm³/mol. The van der Waals surface area contributed by atoms with Gasteiger partial charge in [-0.25, -0.2) is 0 Å². The van der Waals surface area contributed by atoms with Gasteiger partial charge in [0.1, 0.15) is 12.4 Å². The summed E-state index contributed by atoms with van der Waals surface area (Å²) in [5.74, 6) is 0.846. The first-order valence-electron chi connectivity index (χ1n) is 7.25. The molecule has 0 aliphatic heterocycles. The second-order valence-corrected chi connectivity index (χ2v) is 5.66. The van der Waals surface area contributed by atoms with E-state index in [1.165, 1.54) is 12.0 Å². The van der Waals surface area contributed by atoms with Crippen molar-refractivity contribution in [2.45, 2.75) is 50.7 Å². The Balaban J connectivity index is 1.95. The number of aliphatic hydroxyl groups is 1. The summed E-state index contributed by atoms with van der Waals surface area (Å²) in [4.78, 5) is 0. The Morgan fingerprint density at radius 1 is 1.32 bits per heavy atom. The summed E-state index contributed by atoms with van der Waals surface area (Å²) in [5.41, 5.74) is 0.582. The van der Waals surface area contributed by atoms with Crippen LogP contribution in [0.15, 0.2) is 24.3 Å². The molecule has 0 amide bonds. The van der Waals surface area contributed by atoms with Crippen LogP contribution in [-0.4, -0.2) is 24.4 Å². The van der Waals surface area contributed by atoms with Gasteiger partial charge in [-0.05, 0) is 44.5 Å². The maximum atomic E-state index is 10.4. The molecule has 106 valence electrons. The average Bonchev–Trinajstić information content (AvgIpc) is 2.45. The highest BCUT2D eigenvalue weighted by molar-refractivity contribution is 5.30. The van der Waals surface area contributed by atoms with Crippen molar-refractivity contribution in [3.63, 3.8) is 0 Å². The highest BCUT2D eigenvalue weighted by Gasteiger charge is 2.29. The molecule has 0 bridgehead atoms. The van der Waals surface area contributed by atoms with Crippen LogP contribution in [0.5, 0.6) is 5.75 Å². The Hall–Kier alpha value is -1.06. The number of ether oxygens (including phenoxy) is 1. The van der Waals surface area contributed by atoms with E-state index in [2.05, 4.69) is 18.3 Å². The Bertz CT molecular complexity index is 399. The number of hydrogen-bond acceptors (Lipinski definition) is 3. The Morgan fingerprint density at radius 2 is 2.05 bits per heavy atom. The van der Waals surface area contributed by atoms with Crippen LogP contribution in [0, 0.1) is 0 Å². The largest absolute Gasteiger partial charge is 0.491 e. The lowest BCUT2D eigenvalue weighted by Gasteiger charge is -2.31. The van der Waals surface area contributed by atoms with Crippen LogP contribution in [0.2, 0.25) is 0 Å². The maximum absolute atomic E-state index is 10.4. The lowest BCUT2D eigenvalue weighted by molar-refractivity contribution is -0.0339. The number of benzene rings is 1. The zero-order valence-electron chi connectivity index (χ0n) is 12.0. The highest BCUT2D eigenvalue weighted by Crippen LogP contribution is 2.29. The molecule has 3 nitrogen and oxygen atoms in total. The van der Waals surface area contributed by atoms with Gasteiger partial charge in [0, 0.05) is 6.04 Å². The fourth-order valence-electron chi connectivity index (χ4n) is 2.61. The first-order chi connectivity index (χ1) is 9.13. The second kappa shape index (κ2) is 6.40. The molecule has 1 aliphatic carbocycles. The summed E-state index contributed by atoms with van der Waals surface area (Å²) < 4.78 is 5.81. The fourth-order valence-corrected chi connectivity index (χ4v) is 2.61. The van der Waals surface area contributed by atoms with Crippen LogP contribution in [0.1, 0.15) is 50.6 Å². The van der Waals surface area contributed by atoms with Crippen LogP contribution < -0.4 is 10.1 Å². The highest BCUT2D eigenvalue weighted by atomic mass is 16.5. The normalized spacial score (nSPS) is 19.9. The molecular weight excluding hydrogens is 238 g/mol. The van der Waals surface area contributed by atoms with E-state index >= 15 is 0 Å². The van der Waals surface area contributed by atoms with E-state index in [0.717, 1.165) is 31.4 Å². The van der Waals surface area contributed by atoms with Crippen molar-refractivity contribution < 1.29 is 9.84 Å². The minimum Gasteiger partial charge on any atom is -0.491 e. The van der Waals surface area contributed by atoms with Gasteiger partial charge in [-0.3, -0.25) is 0 Å². The van der Waals surface area contributed by atoms with Gasteiger partial charge in [0.05, 0.1) is 5.60 Å². The van der Waals surface area contributed by atoms with E-state index in [-0.39, 0.29) is 0 Å². The molecule has 1 unspecified atom stereocenters. The van der Waals surface area contributed by atoms with Gasteiger partial charge in [0.15, 0.2) is 0 Å². The monoisotopic (exact) mass is 263 g/mol. The molecule has 1 saturated carbocycles. The second-order valence-electron chi connectivity index (χ2n) is 5.66. The molecule has 1 aromatic rings. The van der Waals surface area contributed by atoms with Gasteiger partial charge in [-0.15, -0.1) is 0 Å². The molecule has 0 heterocycles. The molecule has 1 aliphatic rings. The summed E-state index contributed by atoms with van der Waals surface area (Å²) in [5, 5.41) is 13.6. The van der Waals surface area contributed by atoms with E-state index in [4.69, 9.17) is 4.74 Å². The Labute approximate surface area is 116 Å². The first-order valence-corrected chi connectivity index (χ1v) is 7.25. The fraction of sp³-hybridized carbons (Fsp3) is 0.625. The molecule has 1 atom stereocenters. The van der Waals surface area contributed by atoms with Gasteiger partial charge in [-0.1, -0.05) is 31.4 Å². The third-order valence-corrected chi connectivity index (χ3v) is 4.08. The molecule has 2 rings (SSSR count). The Kier molecular flexibility index (Phi) is 4.83. The zero-order valence-corrected chi connectivity index (χ0v) is 12.0. The van der Waals surface area contributed by atoms with E-state index in [0.29, 0.717) is 12.6 Å². The molecule has 0 radical (unpaired) electrons. The number of rotatable bonds is 5. The minimum absolute atomic E-state index is 0.307. The lowest BCUT2D eigenvalue weighted by atomic mass is 9.85. The van der Waals surface area contributed by atoms with Crippen LogP contribution in [0.3, 0.4) is 0 Å². The molecule has 1 fully saturated rings. The van der Waals surface area contributed by atoms with Crippen LogP contribution in [0.25, 0.3) is 0 Å². The molecule has 0 aromatic heterocycles.